The smallest absolute Gasteiger partial charge is 0.251 e. The lowest BCUT2D eigenvalue weighted by Crippen LogP contribution is -2.36. The summed E-state index contributed by atoms with van der Waals surface area (Å²) >= 11 is 0. The number of carbonyl (C=O) groups excluding carboxylic acids is 2. The van der Waals surface area contributed by atoms with Gasteiger partial charge in [-0.2, -0.15) is 0 Å². The SMILES string of the molecule is O=C(CNc1cccc(C(=O)NC2CCCCC2)c1)NCc1ccco1. The summed E-state index contributed by atoms with van der Waals surface area (Å²) in [5, 5.41) is 8.93. The van der Waals surface area contributed by atoms with Gasteiger partial charge in [-0.05, 0) is 43.2 Å². The van der Waals surface area contributed by atoms with Crippen LogP contribution in [0.2, 0.25) is 0 Å². The monoisotopic (exact) mass is 355 g/mol. The Kier molecular flexibility index (Phi) is 6.30. The van der Waals surface area contributed by atoms with Crippen LogP contribution in [0.5, 0.6) is 0 Å². The van der Waals surface area contributed by atoms with Crippen LogP contribution in [0.3, 0.4) is 0 Å². The fourth-order valence-corrected chi connectivity index (χ4v) is 3.13. The molecule has 6 heteroatoms. The van der Waals surface area contributed by atoms with Crippen molar-refractivity contribution in [2.24, 2.45) is 0 Å². The molecule has 1 aromatic heterocycles. The Bertz CT molecular complexity index is 722. The minimum Gasteiger partial charge on any atom is -0.467 e. The van der Waals surface area contributed by atoms with Crippen molar-refractivity contribution >= 4 is 17.5 Å². The number of benzene rings is 1. The van der Waals surface area contributed by atoms with E-state index in [0.717, 1.165) is 18.5 Å². The summed E-state index contributed by atoms with van der Waals surface area (Å²) in [7, 11) is 0. The van der Waals surface area contributed by atoms with E-state index < -0.39 is 0 Å². The van der Waals surface area contributed by atoms with Crippen LogP contribution in [-0.2, 0) is 11.3 Å². The summed E-state index contributed by atoms with van der Waals surface area (Å²) in [4.78, 5) is 24.3. The third-order valence-corrected chi connectivity index (χ3v) is 4.56. The van der Waals surface area contributed by atoms with Gasteiger partial charge in [0.25, 0.3) is 5.91 Å². The number of nitrogens with one attached hydrogen (secondary N) is 3. The van der Waals surface area contributed by atoms with Crippen LogP contribution in [0.1, 0.15) is 48.2 Å². The normalized spacial score (nSPS) is 14.6. The summed E-state index contributed by atoms with van der Waals surface area (Å²) < 4.78 is 5.17. The van der Waals surface area contributed by atoms with Gasteiger partial charge >= 0.3 is 0 Å². The van der Waals surface area contributed by atoms with Gasteiger partial charge < -0.3 is 20.4 Å². The molecule has 138 valence electrons. The minimum atomic E-state index is -0.140. The van der Waals surface area contributed by atoms with Gasteiger partial charge in [0.1, 0.15) is 5.76 Å². The Morgan fingerprint density at radius 2 is 1.92 bits per heavy atom. The molecule has 0 saturated heterocycles. The Hall–Kier alpha value is -2.76. The highest BCUT2D eigenvalue weighted by Gasteiger charge is 2.16. The maximum atomic E-state index is 12.4. The van der Waals surface area contributed by atoms with E-state index in [4.69, 9.17) is 4.42 Å². The molecule has 0 aliphatic heterocycles. The molecule has 1 fully saturated rings. The number of carbonyl (C=O) groups is 2. The zero-order valence-electron chi connectivity index (χ0n) is 14.8. The van der Waals surface area contributed by atoms with Gasteiger partial charge in [-0.25, -0.2) is 0 Å². The van der Waals surface area contributed by atoms with Gasteiger partial charge in [0.15, 0.2) is 0 Å². The second kappa shape index (κ2) is 9.08. The molecule has 1 aliphatic carbocycles. The second-order valence-electron chi connectivity index (χ2n) is 6.60. The van der Waals surface area contributed by atoms with Crippen molar-refractivity contribution in [3.63, 3.8) is 0 Å². The second-order valence-corrected chi connectivity index (χ2v) is 6.60. The molecule has 3 N–H and O–H groups in total. The average molecular weight is 355 g/mol. The molecule has 26 heavy (non-hydrogen) atoms. The summed E-state index contributed by atoms with van der Waals surface area (Å²) in [6.45, 7) is 0.492. The fraction of sp³-hybridized carbons (Fsp3) is 0.400. The van der Waals surface area contributed by atoms with Crippen LogP contribution < -0.4 is 16.0 Å². The summed E-state index contributed by atoms with van der Waals surface area (Å²) in [6, 6.07) is 11.1. The Morgan fingerprint density at radius 3 is 2.69 bits per heavy atom. The van der Waals surface area contributed by atoms with E-state index in [-0.39, 0.29) is 24.4 Å². The topological polar surface area (TPSA) is 83.4 Å². The minimum absolute atomic E-state index is 0.0529. The lowest BCUT2D eigenvalue weighted by molar-refractivity contribution is -0.119. The maximum Gasteiger partial charge on any atom is 0.251 e. The first-order valence-electron chi connectivity index (χ1n) is 9.14. The van der Waals surface area contributed by atoms with Crippen molar-refractivity contribution in [3.8, 4) is 0 Å². The highest BCUT2D eigenvalue weighted by molar-refractivity contribution is 5.95. The van der Waals surface area contributed by atoms with Crippen molar-refractivity contribution in [2.45, 2.75) is 44.7 Å². The number of rotatable bonds is 7. The zero-order valence-corrected chi connectivity index (χ0v) is 14.8. The molecule has 3 rings (SSSR count). The lowest BCUT2D eigenvalue weighted by Gasteiger charge is -2.22. The summed E-state index contributed by atoms with van der Waals surface area (Å²) in [5.41, 5.74) is 1.35. The molecule has 2 aromatic rings. The molecule has 1 aliphatic rings. The van der Waals surface area contributed by atoms with Crippen molar-refractivity contribution in [2.75, 3.05) is 11.9 Å². The van der Waals surface area contributed by atoms with Crippen LogP contribution in [-0.4, -0.2) is 24.4 Å². The highest BCUT2D eigenvalue weighted by Crippen LogP contribution is 2.18. The average Bonchev–Trinajstić information content (AvgIpc) is 3.19. The van der Waals surface area contributed by atoms with Gasteiger partial charge in [-0.3, -0.25) is 9.59 Å². The maximum absolute atomic E-state index is 12.4. The van der Waals surface area contributed by atoms with Gasteiger partial charge in [0.05, 0.1) is 19.4 Å². The molecule has 0 unspecified atom stereocenters. The third kappa shape index (κ3) is 5.37. The van der Waals surface area contributed by atoms with Crippen LogP contribution >= 0.6 is 0 Å². The molecular weight excluding hydrogens is 330 g/mol. The number of hydrogen-bond donors (Lipinski definition) is 3. The Labute approximate surface area is 153 Å². The molecule has 0 spiro atoms. The standard InChI is InChI=1S/C20H25N3O3/c24-19(22-13-18-10-5-11-26-18)14-21-17-9-4-6-15(12-17)20(25)23-16-7-2-1-3-8-16/h4-6,9-12,16,21H,1-3,7-8,13-14H2,(H,22,24)(H,23,25). The van der Waals surface area contributed by atoms with E-state index in [9.17, 15) is 9.59 Å². The number of hydrogen-bond acceptors (Lipinski definition) is 4. The Balaban J connectivity index is 1.47. The van der Waals surface area contributed by atoms with Gasteiger partial charge in [-0.1, -0.05) is 25.3 Å². The lowest BCUT2D eigenvalue weighted by atomic mass is 9.95. The van der Waals surface area contributed by atoms with Crippen molar-refractivity contribution in [1.29, 1.82) is 0 Å². The van der Waals surface area contributed by atoms with Gasteiger partial charge in [-0.15, -0.1) is 0 Å². The molecule has 1 saturated carbocycles. The quantitative estimate of drug-likeness (QED) is 0.713. The molecular formula is C20H25N3O3. The molecule has 0 bridgehead atoms. The third-order valence-electron chi connectivity index (χ3n) is 4.56. The van der Waals surface area contributed by atoms with Gasteiger partial charge in [0.2, 0.25) is 5.91 Å². The zero-order chi connectivity index (χ0) is 18.2. The van der Waals surface area contributed by atoms with E-state index in [2.05, 4.69) is 16.0 Å². The van der Waals surface area contributed by atoms with E-state index in [1.807, 2.05) is 18.2 Å². The predicted octanol–water partition coefficient (Wildman–Crippen LogP) is 3.07. The fourth-order valence-electron chi connectivity index (χ4n) is 3.13. The van der Waals surface area contributed by atoms with Crippen LogP contribution in [0, 0.1) is 0 Å². The first-order chi connectivity index (χ1) is 12.7. The van der Waals surface area contributed by atoms with Crippen molar-refractivity contribution in [3.05, 3.63) is 54.0 Å². The van der Waals surface area contributed by atoms with Crippen molar-refractivity contribution in [1.82, 2.24) is 10.6 Å². The van der Waals surface area contributed by atoms with E-state index in [1.54, 1.807) is 24.5 Å². The van der Waals surface area contributed by atoms with Crippen LogP contribution in [0.15, 0.2) is 47.1 Å². The largest absolute Gasteiger partial charge is 0.467 e. The molecule has 1 aromatic carbocycles. The van der Waals surface area contributed by atoms with Crippen molar-refractivity contribution < 1.29 is 14.0 Å². The van der Waals surface area contributed by atoms with E-state index in [0.29, 0.717) is 17.9 Å². The molecule has 6 nitrogen and oxygen atoms in total. The summed E-state index contributed by atoms with van der Waals surface area (Å²) in [6.07, 6.45) is 7.30. The van der Waals surface area contributed by atoms with Crippen LogP contribution in [0.25, 0.3) is 0 Å². The molecule has 0 atom stereocenters. The molecule has 0 radical (unpaired) electrons. The summed E-state index contributed by atoms with van der Waals surface area (Å²) in [5.74, 6) is 0.515. The molecule has 1 heterocycles. The Morgan fingerprint density at radius 1 is 1.08 bits per heavy atom. The van der Waals surface area contributed by atoms with E-state index in [1.165, 1.54) is 19.3 Å². The highest BCUT2D eigenvalue weighted by atomic mass is 16.3. The molecule has 2 amide bonds. The number of anilines is 1. The predicted molar refractivity (Wildman–Crippen MR) is 99.8 cm³/mol. The first-order valence-corrected chi connectivity index (χ1v) is 9.14. The van der Waals surface area contributed by atoms with E-state index >= 15 is 0 Å². The first kappa shape index (κ1) is 18.0. The number of furan rings is 1. The van der Waals surface area contributed by atoms with Gasteiger partial charge in [0, 0.05) is 17.3 Å². The van der Waals surface area contributed by atoms with Crippen LogP contribution in [0.4, 0.5) is 5.69 Å². The number of amides is 2.